The minimum atomic E-state index is -1.89. The lowest BCUT2D eigenvalue weighted by Gasteiger charge is -2.39. The number of nitrogens with zero attached hydrogens (tertiary/aromatic N) is 2. The summed E-state index contributed by atoms with van der Waals surface area (Å²) < 4.78 is 12.6. The molecule has 0 saturated carbocycles. The second-order valence-corrected chi connectivity index (χ2v) is 14.1. The van der Waals surface area contributed by atoms with Crippen LogP contribution < -0.4 is 10.1 Å². The Morgan fingerprint density at radius 3 is 2.31 bits per heavy atom. The number of hydrogen-bond donors (Lipinski definition) is 1. The molecule has 29 heavy (non-hydrogen) atoms. The van der Waals surface area contributed by atoms with Gasteiger partial charge in [0.2, 0.25) is 0 Å². The van der Waals surface area contributed by atoms with Gasteiger partial charge in [0.25, 0.3) is 0 Å². The normalized spacial score (nSPS) is 13.4. The fraction of sp³-hybridized carbons (Fsp3) is 0.524. The zero-order valence-corrected chi connectivity index (χ0v) is 20.8. The van der Waals surface area contributed by atoms with Crippen molar-refractivity contribution in [2.24, 2.45) is 0 Å². The highest BCUT2D eigenvalue weighted by molar-refractivity contribution is 6.74. The number of aromatic nitrogens is 2. The van der Waals surface area contributed by atoms with Gasteiger partial charge in [0.1, 0.15) is 22.7 Å². The summed E-state index contributed by atoms with van der Waals surface area (Å²) in [5.41, 5.74) is 1.46. The molecule has 1 aromatic carbocycles. The van der Waals surface area contributed by atoms with Crippen LogP contribution in [0.25, 0.3) is 11.4 Å². The second kappa shape index (κ2) is 9.75. The topological polar surface area (TPSA) is 56.3 Å². The van der Waals surface area contributed by atoms with E-state index in [9.17, 15) is 0 Å². The first-order chi connectivity index (χ1) is 13.4. The molecule has 0 aliphatic rings. The van der Waals surface area contributed by atoms with Crippen molar-refractivity contribution in [1.82, 2.24) is 15.3 Å². The molecule has 2 rings (SSSR count). The van der Waals surface area contributed by atoms with Gasteiger partial charge in [-0.15, -0.1) is 0 Å². The monoisotopic (exact) mass is 455 g/mol. The van der Waals surface area contributed by atoms with Crippen LogP contribution in [0.1, 0.15) is 26.3 Å². The molecule has 1 N–H and O–H groups in total. The first kappa shape index (κ1) is 24.1. The van der Waals surface area contributed by atoms with Crippen molar-refractivity contribution in [3.8, 4) is 17.1 Å². The average Bonchev–Trinajstić information content (AvgIpc) is 2.63. The smallest absolute Gasteiger partial charge is 0.192 e. The molecular weight excluding hydrogens is 425 g/mol. The molecule has 0 fully saturated rings. The van der Waals surface area contributed by atoms with Gasteiger partial charge in [-0.1, -0.05) is 56.1 Å². The van der Waals surface area contributed by atoms with Crippen molar-refractivity contribution in [2.75, 3.05) is 20.2 Å². The van der Waals surface area contributed by atoms with E-state index in [4.69, 9.17) is 32.4 Å². The molecule has 0 aliphatic carbocycles. The van der Waals surface area contributed by atoms with E-state index in [0.29, 0.717) is 28.3 Å². The first-order valence-electron chi connectivity index (χ1n) is 9.70. The van der Waals surface area contributed by atoms with Gasteiger partial charge in [-0.05, 0) is 44.2 Å². The van der Waals surface area contributed by atoms with E-state index in [1.54, 1.807) is 6.92 Å². The summed E-state index contributed by atoms with van der Waals surface area (Å²) in [4.78, 5) is 8.66. The average molecular weight is 456 g/mol. The van der Waals surface area contributed by atoms with Crippen LogP contribution in [0.15, 0.2) is 24.3 Å². The van der Waals surface area contributed by atoms with Crippen molar-refractivity contribution in [3.63, 3.8) is 0 Å². The largest absolute Gasteiger partial charge is 0.491 e. The molecule has 5 nitrogen and oxygen atoms in total. The molecular formula is C21H31Cl2N3O2Si. The van der Waals surface area contributed by atoms with Crippen LogP contribution in [-0.2, 0) is 4.43 Å². The number of likely N-dealkylation sites (N-methyl/N-ethyl adjacent to an activating group) is 1. The molecule has 0 saturated heterocycles. The third-order valence-corrected chi connectivity index (χ3v) is 10.5. The highest BCUT2D eigenvalue weighted by Gasteiger charge is 2.39. The molecule has 1 unspecified atom stereocenters. The van der Waals surface area contributed by atoms with Crippen LogP contribution in [-0.4, -0.2) is 44.6 Å². The number of nitrogens with one attached hydrogen (secondary N) is 1. The van der Waals surface area contributed by atoms with Crippen molar-refractivity contribution in [2.45, 2.75) is 51.9 Å². The van der Waals surface area contributed by atoms with Gasteiger partial charge < -0.3 is 14.5 Å². The van der Waals surface area contributed by atoms with E-state index in [1.807, 2.05) is 31.3 Å². The Labute approximate surface area is 185 Å². The van der Waals surface area contributed by atoms with Crippen LogP contribution in [0.5, 0.6) is 5.75 Å². The third-order valence-electron chi connectivity index (χ3n) is 5.25. The quantitative estimate of drug-likeness (QED) is 0.405. The zero-order valence-electron chi connectivity index (χ0n) is 18.3. The molecule has 0 radical (unpaired) electrons. The lowest BCUT2D eigenvalue weighted by molar-refractivity contribution is 0.115. The summed E-state index contributed by atoms with van der Waals surface area (Å²) in [6.45, 7) is 14.2. The maximum absolute atomic E-state index is 6.52. The number of rotatable bonds is 8. The van der Waals surface area contributed by atoms with E-state index < -0.39 is 8.32 Å². The molecule has 0 bridgehead atoms. The van der Waals surface area contributed by atoms with Gasteiger partial charge in [-0.2, -0.15) is 0 Å². The Morgan fingerprint density at radius 2 is 1.76 bits per heavy atom. The van der Waals surface area contributed by atoms with Gasteiger partial charge in [0.15, 0.2) is 14.1 Å². The maximum Gasteiger partial charge on any atom is 0.192 e. The summed E-state index contributed by atoms with van der Waals surface area (Å²) in [6.07, 6.45) is -0.0379. The highest BCUT2D eigenvalue weighted by atomic mass is 35.5. The summed E-state index contributed by atoms with van der Waals surface area (Å²) >= 11 is 12.3. The number of ether oxygens (including phenoxy) is 1. The van der Waals surface area contributed by atoms with Gasteiger partial charge >= 0.3 is 0 Å². The maximum atomic E-state index is 6.52. The molecule has 160 valence electrons. The number of benzene rings is 1. The second-order valence-electron chi connectivity index (χ2n) is 8.65. The fourth-order valence-electron chi connectivity index (χ4n) is 2.46. The van der Waals surface area contributed by atoms with Crippen LogP contribution in [0.3, 0.4) is 0 Å². The molecule has 8 heteroatoms. The Hall–Kier alpha value is -1.18. The van der Waals surface area contributed by atoms with Crippen molar-refractivity contribution in [3.05, 3.63) is 40.1 Å². The third kappa shape index (κ3) is 6.40. The van der Waals surface area contributed by atoms with Gasteiger partial charge in [-0.25, -0.2) is 9.97 Å². The van der Waals surface area contributed by atoms with E-state index >= 15 is 0 Å². The molecule has 1 aromatic heterocycles. The lowest BCUT2D eigenvalue weighted by Crippen LogP contribution is -2.47. The van der Waals surface area contributed by atoms with Gasteiger partial charge in [0.05, 0.1) is 6.10 Å². The van der Waals surface area contributed by atoms with Gasteiger partial charge in [-0.3, -0.25) is 0 Å². The number of hydrogen-bond acceptors (Lipinski definition) is 5. The van der Waals surface area contributed by atoms with Crippen LogP contribution >= 0.6 is 23.2 Å². The SMILES string of the molecule is CNCC(COc1cccc(-c2nc(Cl)c(C)c(Cl)n2)c1)O[Si](C)(C)C(C)(C)C. The summed E-state index contributed by atoms with van der Waals surface area (Å²) in [7, 11) is 0.0272. The highest BCUT2D eigenvalue weighted by Crippen LogP contribution is 2.37. The molecule has 1 heterocycles. The molecule has 0 spiro atoms. The van der Waals surface area contributed by atoms with E-state index in [0.717, 1.165) is 17.9 Å². The van der Waals surface area contributed by atoms with Gasteiger partial charge in [0, 0.05) is 17.7 Å². The van der Waals surface area contributed by atoms with Crippen molar-refractivity contribution >= 4 is 31.5 Å². The summed E-state index contributed by atoms with van der Waals surface area (Å²) in [6, 6.07) is 7.60. The summed E-state index contributed by atoms with van der Waals surface area (Å²) in [5, 5.41) is 4.04. The zero-order chi connectivity index (χ0) is 21.8. The molecule has 0 aliphatic heterocycles. The van der Waals surface area contributed by atoms with Crippen LogP contribution in [0.4, 0.5) is 0 Å². The van der Waals surface area contributed by atoms with E-state index in [-0.39, 0.29) is 11.1 Å². The Bertz CT molecular complexity index is 818. The fourth-order valence-corrected chi connectivity index (χ4v) is 4.19. The van der Waals surface area contributed by atoms with E-state index in [1.165, 1.54) is 0 Å². The van der Waals surface area contributed by atoms with Crippen molar-refractivity contribution in [1.29, 1.82) is 0 Å². The van der Waals surface area contributed by atoms with Crippen molar-refractivity contribution < 1.29 is 9.16 Å². The standard InChI is InChI=1S/C21H31Cl2N3O2Si/c1-14-18(22)25-20(26-19(14)23)15-9-8-10-16(11-15)27-13-17(12-24-5)28-29(6,7)21(2,3)4/h8-11,17,24H,12-13H2,1-7H3. The Kier molecular flexibility index (Phi) is 8.10. The Morgan fingerprint density at radius 1 is 1.14 bits per heavy atom. The lowest BCUT2D eigenvalue weighted by atomic mass is 10.2. The molecule has 2 aromatic rings. The first-order valence-corrected chi connectivity index (χ1v) is 13.4. The summed E-state index contributed by atoms with van der Waals surface area (Å²) in [5.74, 6) is 1.19. The predicted molar refractivity (Wildman–Crippen MR) is 124 cm³/mol. The van der Waals surface area contributed by atoms with E-state index in [2.05, 4.69) is 49.1 Å². The minimum Gasteiger partial charge on any atom is -0.491 e. The number of halogens is 2. The van der Waals surface area contributed by atoms with Crippen LogP contribution in [0.2, 0.25) is 28.4 Å². The Balaban J connectivity index is 2.14. The molecule has 1 atom stereocenters. The van der Waals surface area contributed by atoms with Crippen LogP contribution in [0, 0.1) is 6.92 Å². The predicted octanol–water partition coefficient (Wildman–Crippen LogP) is 5.75. The molecule has 0 amide bonds. The minimum absolute atomic E-state index is 0.0379.